The van der Waals surface area contributed by atoms with Gasteiger partial charge in [0.1, 0.15) is 0 Å². The molecule has 1 aromatic carbocycles. The minimum Gasteiger partial charge on any atom is -0.342 e. The molecule has 1 heterocycles. The summed E-state index contributed by atoms with van der Waals surface area (Å²) in [6, 6.07) is 8.63. The molecule has 0 N–H and O–H groups in total. The summed E-state index contributed by atoms with van der Waals surface area (Å²) in [4.78, 5) is 14.2. The predicted molar refractivity (Wildman–Crippen MR) is 87.0 cm³/mol. The number of benzene rings is 1. The van der Waals surface area contributed by atoms with Gasteiger partial charge in [0, 0.05) is 30.5 Å². The molecule has 1 unspecified atom stereocenters. The van der Waals surface area contributed by atoms with Crippen LogP contribution in [-0.2, 0) is 4.79 Å². The quantitative estimate of drug-likeness (QED) is 0.837. The van der Waals surface area contributed by atoms with Crippen LogP contribution in [0.15, 0.2) is 24.3 Å². The molecule has 0 radical (unpaired) electrons. The van der Waals surface area contributed by atoms with Crippen molar-refractivity contribution in [1.82, 2.24) is 4.90 Å². The zero-order valence-electron chi connectivity index (χ0n) is 12.8. The second-order valence-electron chi connectivity index (χ2n) is 5.98. The lowest BCUT2D eigenvalue weighted by Gasteiger charge is -2.21. The van der Waals surface area contributed by atoms with Crippen LogP contribution in [-0.4, -0.2) is 29.6 Å². The minimum atomic E-state index is 0.325. The maximum Gasteiger partial charge on any atom is 0.222 e. The van der Waals surface area contributed by atoms with E-state index in [2.05, 4.69) is 49.9 Å². The van der Waals surface area contributed by atoms with Gasteiger partial charge in [-0.15, -0.1) is 0 Å². The van der Waals surface area contributed by atoms with Crippen LogP contribution in [0, 0.1) is 12.8 Å². The molecule has 1 amide bonds. The first kappa shape index (κ1) is 15.4. The number of aryl methyl sites for hydroxylation is 1. The number of thioether (sulfide) groups is 1. The fraction of sp³-hybridized carbons (Fsp3) is 0.588. The molecule has 0 aromatic heterocycles. The lowest BCUT2D eigenvalue weighted by Crippen LogP contribution is -2.33. The van der Waals surface area contributed by atoms with E-state index in [0.29, 0.717) is 23.5 Å². The Morgan fingerprint density at radius 2 is 2.10 bits per heavy atom. The van der Waals surface area contributed by atoms with E-state index in [9.17, 15) is 4.79 Å². The predicted octanol–water partition coefficient (Wildman–Crippen LogP) is 4.05. The normalized spacial score (nSPS) is 20.0. The number of carbonyl (C=O) groups is 1. The van der Waals surface area contributed by atoms with E-state index in [1.165, 1.54) is 11.1 Å². The van der Waals surface area contributed by atoms with E-state index in [0.717, 1.165) is 25.3 Å². The summed E-state index contributed by atoms with van der Waals surface area (Å²) in [7, 11) is 0. The summed E-state index contributed by atoms with van der Waals surface area (Å²) in [5.41, 5.74) is 2.81. The average molecular weight is 291 g/mol. The largest absolute Gasteiger partial charge is 0.342 e. The summed E-state index contributed by atoms with van der Waals surface area (Å²) < 4.78 is 0. The first-order valence-corrected chi connectivity index (χ1v) is 8.57. The van der Waals surface area contributed by atoms with Gasteiger partial charge in [-0.25, -0.2) is 0 Å². The first-order valence-electron chi connectivity index (χ1n) is 7.53. The molecule has 20 heavy (non-hydrogen) atoms. The highest BCUT2D eigenvalue weighted by molar-refractivity contribution is 7.99. The Balaban J connectivity index is 1.99. The van der Waals surface area contributed by atoms with Crippen molar-refractivity contribution in [2.24, 2.45) is 5.92 Å². The fourth-order valence-electron chi connectivity index (χ4n) is 2.69. The van der Waals surface area contributed by atoms with Crippen LogP contribution >= 0.6 is 11.8 Å². The van der Waals surface area contributed by atoms with E-state index in [-0.39, 0.29) is 0 Å². The molecule has 3 heteroatoms. The monoisotopic (exact) mass is 291 g/mol. The fourth-order valence-corrected chi connectivity index (χ4v) is 4.02. The van der Waals surface area contributed by atoms with Crippen LogP contribution < -0.4 is 0 Å². The van der Waals surface area contributed by atoms with Gasteiger partial charge in [-0.05, 0) is 30.4 Å². The Kier molecular flexibility index (Phi) is 5.53. The Labute approximate surface area is 126 Å². The second-order valence-corrected chi connectivity index (χ2v) is 7.29. The summed E-state index contributed by atoms with van der Waals surface area (Å²) in [6.07, 6.45) is 1.75. The molecule has 0 saturated carbocycles. The van der Waals surface area contributed by atoms with Crippen LogP contribution in [0.4, 0.5) is 0 Å². The highest BCUT2D eigenvalue weighted by Gasteiger charge is 2.22. The molecular formula is C17H25NOS. The number of nitrogens with zero attached hydrogens (tertiary/aromatic N) is 1. The Bertz CT molecular complexity index is 458. The molecule has 1 aromatic rings. The van der Waals surface area contributed by atoms with Gasteiger partial charge in [0.2, 0.25) is 5.91 Å². The van der Waals surface area contributed by atoms with Gasteiger partial charge >= 0.3 is 0 Å². The van der Waals surface area contributed by atoms with Crippen LogP contribution in [0.5, 0.6) is 0 Å². The van der Waals surface area contributed by atoms with Crippen molar-refractivity contribution in [3.63, 3.8) is 0 Å². The molecular weight excluding hydrogens is 266 g/mol. The molecule has 1 fully saturated rings. The maximum absolute atomic E-state index is 12.2. The summed E-state index contributed by atoms with van der Waals surface area (Å²) in [5, 5.41) is 0.535. The van der Waals surface area contributed by atoms with Gasteiger partial charge in [-0.1, -0.05) is 38.1 Å². The molecule has 2 rings (SSSR count). The molecule has 110 valence electrons. The van der Waals surface area contributed by atoms with Crippen LogP contribution in [0.3, 0.4) is 0 Å². The summed E-state index contributed by atoms with van der Waals surface area (Å²) >= 11 is 2.00. The van der Waals surface area contributed by atoms with Gasteiger partial charge in [-0.2, -0.15) is 11.8 Å². The topological polar surface area (TPSA) is 20.3 Å². The second kappa shape index (κ2) is 7.16. The van der Waals surface area contributed by atoms with E-state index in [1.54, 1.807) is 0 Å². The number of rotatable bonds is 3. The number of amides is 1. The van der Waals surface area contributed by atoms with Crippen molar-refractivity contribution in [3.8, 4) is 0 Å². The SMILES string of the molecule is Cc1ccccc1C1CCN(C(=O)CC(C)C)CCS1. The molecule has 0 spiro atoms. The lowest BCUT2D eigenvalue weighted by atomic mass is 10.0. The smallest absolute Gasteiger partial charge is 0.222 e. The van der Waals surface area contributed by atoms with Crippen LogP contribution in [0.1, 0.15) is 43.1 Å². The molecule has 0 bridgehead atoms. The first-order chi connectivity index (χ1) is 9.58. The van der Waals surface area contributed by atoms with Gasteiger partial charge in [-0.3, -0.25) is 4.79 Å². The van der Waals surface area contributed by atoms with Gasteiger partial charge in [0.15, 0.2) is 0 Å². The van der Waals surface area contributed by atoms with Gasteiger partial charge < -0.3 is 4.90 Å². The number of hydrogen-bond acceptors (Lipinski definition) is 2. The van der Waals surface area contributed by atoms with E-state index < -0.39 is 0 Å². The van der Waals surface area contributed by atoms with Crippen molar-refractivity contribution < 1.29 is 4.79 Å². The number of hydrogen-bond donors (Lipinski definition) is 0. The minimum absolute atomic E-state index is 0.325. The van der Waals surface area contributed by atoms with Crippen LogP contribution in [0.25, 0.3) is 0 Å². The standard InChI is InChI=1S/C17H25NOS/c1-13(2)12-17(19)18-9-8-16(20-11-10-18)15-7-5-4-6-14(15)3/h4-7,13,16H,8-12H2,1-3H3. The average Bonchev–Trinajstić information content (AvgIpc) is 2.64. The van der Waals surface area contributed by atoms with Crippen molar-refractivity contribution in [1.29, 1.82) is 0 Å². The van der Waals surface area contributed by atoms with E-state index in [1.807, 2.05) is 11.8 Å². The van der Waals surface area contributed by atoms with Gasteiger partial charge in [0.05, 0.1) is 0 Å². The highest BCUT2D eigenvalue weighted by atomic mass is 32.2. The molecule has 1 aliphatic rings. The lowest BCUT2D eigenvalue weighted by molar-refractivity contribution is -0.131. The Hall–Kier alpha value is -0.960. The summed E-state index contributed by atoms with van der Waals surface area (Å²) in [6.45, 7) is 8.21. The Morgan fingerprint density at radius 1 is 1.35 bits per heavy atom. The van der Waals surface area contributed by atoms with E-state index in [4.69, 9.17) is 0 Å². The molecule has 0 aliphatic carbocycles. The zero-order valence-corrected chi connectivity index (χ0v) is 13.6. The van der Waals surface area contributed by atoms with Crippen molar-refractivity contribution in [3.05, 3.63) is 35.4 Å². The summed E-state index contributed by atoms with van der Waals surface area (Å²) in [5.74, 6) is 1.82. The van der Waals surface area contributed by atoms with Crippen molar-refractivity contribution in [2.45, 2.75) is 38.9 Å². The van der Waals surface area contributed by atoms with E-state index >= 15 is 0 Å². The number of carbonyl (C=O) groups excluding carboxylic acids is 1. The Morgan fingerprint density at radius 3 is 2.80 bits per heavy atom. The zero-order chi connectivity index (χ0) is 14.5. The van der Waals surface area contributed by atoms with Crippen molar-refractivity contribution in [2.75, 3.05) is 18.8 Å². The third-order valence-corrected chi connectivity index (χ3v) is 5.12. The third-order valence-electron chi connectivity index (χ3n) is 3.81. The van der Waals surface area contributed by atoms with Crippen molar-refractivity contribution >= 4 is 17.7 Å². The molecule has 1 aliphatic heterocycles. The molecule has 1 atom stereocenters. The third kappa shape index (κ3) is 4.02. The molecule has 1 saturated heterocycles. The maximum atomic E-state index is 12.2. The molecule has 2 nitrogen and oxygen atoms in total. The van der Waals surface area contributed by atoms with Gasteiger partial charge in [0.25, 0.3) is 0 Å². The highest BCUT2D eigenvalue weighted by Crippen LogP contribution is 2.36. The van der Waals surface area contributed by atoms with Crippen LogP contribution in [0.2, 0.25) is 0 Å².